The van der Waals surface area contributed by atoms with Crippen LogP contribution in [-0.2, 0) is 25.7 Å². The van der Waals surface area contributed by atoms with E-state index in [0.29, 0.717) is 36.3 Å². The topological polar surface area (TPSA) is 149 Å². The molecule has 1 fully saturated rings. The number of aliphatic hydroxyl groups excluding tert-OH is 2. The Bertz CT molecular complexity index is 1320. The number of rotatable bonds is 12. The van der Waals surface area contributed by atoms with Gasteiger partial charge in [0.15, 0.2) is 6.29 Å². The van der Waals surface area contributed by atoms with Gasteiger partial charge in [-0.15, -0.1) is 0 Å². The summed E-state index contributed by atoms with van der Waals surface area (Å²) < 4.78 is 12.7. The van der Waals surface area contributed by atoms with Crippen molar-refractivity contribution in [3.05, 3.63) is 95.1 Å². The maximum absolute atomic E-state index is 12.2. The van der Waals surface area contributed by atoms with Gasteiger partial charge in [-0.25, -0.2) is 0 Å². The third kappa shape index (κ3) is 8.84. The summed E-state index contributed by atoms with van der Waals surface area (Å²) in [7, 11) is 1.89. The number of likely N-dealkylation sites (N-methyl/N-ethyl adjacent to an activating group) is 1. The molecule has 10 nitrogen and oxygen atoms in total. The van der Waals surface area contributed by atoms with Crippen LogP contribution in [0.25, 0.3) is 0 Å². The van der Waals surface area contributed by atoms with Crippen molar-refractivity contribution in [3.8, 4) is 5.75 Å². The highest BCUT2D eigenvalue weighted by Gasteiger charge is 2.33. The van der Waals surface area contributed by atoms with Gasteiger partial charge in [-0.3, -0.25) is 9.59 Å². The van der Waals surface area contributed by atoms with Crippen LogP contribution in [0.2, 0.25) is 0 Å². The van der Waals surface area contributed by atoms with Gasteiger partial charge in [0.25, 0.3) is 0 Å². The van der Waals surface area contributed by atoms with Crippen molar-refractivity contribution >= 4 is 17.6 Å². The maximum atomic E-state index is 12.2. The van der Waals surface area contributed by atoms with E-state index >= 15 is 0 Å². The number of aromatic hydroxyl groups is 1. The molecular weight excluding hydrogens is 528 g/mol. The fourth-order valence-corrected chi connectivity index (χ4v) is 4.79. The molecule has 0 radical (unpaired) electrons. The van der Waals surface area contributed by atoms with Gasteiger partial charge in [0.1, 0.15) is 5.75 Å². The molecule has 218 valence electrons. The van der Waals surface area contributed by atoms with E-state index in [9.17, 15) is 24.9 Å². The van der Waals surface area contributed by atoms with E-state index in [2.05, 4.69) is 5.32 Å². The number of phenols is 1. The van der Waals surface area contributed by atoms with E-state index < -0.39 is 24.3 Å². The first kappa shape index (κ1) is 30.2. The highest BCUT2D eigenvalue weighted by atomic mass is 16.7. The van der Waals surface area contributed by atoms with Crippen LogP contribution in [0.15, 0.2) is 72.8 Å². The van der Waals surface area contributed by atoms with Gasteiger partial charge >= 0.3 is 5.97 Å². The summed E-state index contributed by atoms with van der Waals surface area (Å²) in [5.74, 6) is -1.35. The van der Waals surface area contributed by atoms with Crippen molar-refractivity contribution in [2.45, 2.75) is 50.5 Å². The molecule has 0 spiro atoms. The summed E-state index contributed by atoms with van der Waals surface area (Å²) >= 11 is 0. The zero-order valence-corrected chi connectivity index (χ0v) is 22.8. The van der Waals surface area contributed by atoms with Gasteiger partial charge in [0.05, 0.1) is 31.3 Å². The number of ether oxygens (including phenoxy) is 2. The molecule has 3 aromatic carbocycles. The SMILES string of the molecule is CN(C[C@H]1C[C@@H](c2ccc(CO)cc2)O[C@@H](c2cccc(NC(=O)CCC(=O)O)c2)O1)C[C@@H](O)c1cccc(O)c1. The Kier molecular flexibility index (Phi) is 10.4. The molecule has 0 bridgehead atoms. The highest BCUT2D eigenvalue weighted by Crippen LogP contribution is 2.38. The van der Waals surface area contributed by atoms with Crippen molar-refractivity contribution in [2.24, 2.45) is 0 Å². The standard InChI is InChI=1S/C31H36N2O8/c1-33(18-27(36)22-4-3-7-25(35)15-22)17-26-16-28(21-10-8-20(19-34)9-11-21)41-31(40-26)23-5-2-6-24(14-23)32-29(37)12-13-30(38)39/h2-11,14-15,26-28,31,34-36H,12-13,16-19H2,1H3,(H,32,37)(H,38,39)/t26-,27-,28+,31+/m1/s1. The number of carbonyl (C=O) groups is 2. The zero-order chi connectivity index (χ0) is 29.4. The maximum Gasteiger partial charge on any atom is 0.303 e. The minimum Gasteiger partial charge on any atom is -0.508 e. The molecule has 1 aliphatic heterocycles. The van der Waals surface area contributed by atoms with Gasteiger partial charge in [0.2, 0.25) is 5.91 Å². The molecule has 1 heterocycles. The molecule has 1 aliphatic rings. The molecular formula is C31H36N2O8. The summed E-state index contributed by atoms with van der Waals surface area (Å²) in [5.41, 5.74) is 3.53. The van der Waals surface area contributed by atoms with Crippen molar-refractivity contribution in [3.63, 3.8) is 0 Å². The molecule has 4 atom stereocenters. The molecule has 0 unspecified atom stereocenters. The normalized spacial score (nSPS) is 19.6. The highest BCUT2D eigenvalue weighted by molar-refractivity contribution is 5.92. The van der Waals surface area contributed by atoms with Crippen LogP contribution in [-0.4, -0.2) is 63.4 Å². The van der Waals surface area contributed by atoms with Crippen LogP contribution in [0.3, 0.4) is 0 Å². The summed E-state index contributed by atoms with van der Waals surface area (Å²) in [6.07, 6.45) is -1.98. The first-order chi connectivity index (χ1) is 19.7. The number of carbonyl (C=O) groups excluding carboxylic acids is 1. The number of aliphatic carboxylic acids is 1. The molecule has 1 saturated heterocycles. The third-order valence-electron chi connectivity index (χ3n) is 6.88. The monoisotopic (exact) mass is 564 g/mol. The second kappa shape index (κ2) is 14.2. The summed E-state index contributed by atoms with van der Waals surface area (Å²) in [6, 6.07) is 21.1. The molecule has 0 aliphatic carbocycles. The number of hydrogen-bond acceptors (Lipinski definition) is 8. The van der Waals surface area contributed by atoms with Gasteiger partial charge in [0, 0.05) is 37.2 Å². The summed E-state index contributed by atoms with van der Waals surface area (Å²) in [4.78, 5) is 24.9. The lowest BCUT2D eigenvalue weighted by Crippen LogP contribution is -2.39. The van der Waals surface area contributed by atoms with Gasteiger partial charge in [-0.05, 0) is 48.0 Å². The summed E-state index contributed by atoms with van der Waals surface area (Å²) in [6.45, 7) is 0.757. The average molecular weight is 565 g/mol. The predicted octanol–water partition coefficient (Wildman–Crippen LogP) is 3.90. The molecule has 4 rings (SSSR count). The second-order valence-corrected chi connectivity index (χ2v) is 10.2. The van der Waals surface area contributed by atoms with E-state index in [1.165, 1.54) is 0 Å². The van der Waals surface area contributed by atoms with Crippen LogP contribution in [0.1, 0.15) is 60.0 Å². The molecule has 5 N–H and O–H groups in total. The number of phenolic OH excluding ortho intramolecular Hbond substituents is 1. The zero-order valence-electron chi connectivity index (χ0n) is 22.8. The van der Waals surface area contributed by atoms with Crippen molar-refractivity contribution in [2.75, 3.05) is 25.5 Å². The Balaban J connectivity index is 1.49. The number of nitrogens with zero attached hydrogens (tertiary/aromatic N) is 1. The number of benzene rings is 3. The Hall–Kier alpha value is -3.80. The lowest BCUT2D eigenvalue weighted by Gasteiger charge is -2.38. The third-order valence-corrected chi connectivity index (χ3v) is 6.88. The Labute approximate surface area is 238 Å². The summed E-state index contributed by atoms with van der Waals surface area (Å²) in [5, 5.41) is 41.5. The molecule has 0 saturated carbocycles. The molecule has 0 aromatic heterocycles. The van der Waals surface area contributed by atoms with Crippen LogP contribution in [0.5, 0.6) is 5.75 Å². The Morgan fingerprint density at radius 2 is 1.76 bits per heavy atom. The Morgan fingerprint density at radius 3 is 2.46 bits per heavy atom. The van der Waals surface area contributed by atoms with E-state index in [1.807, 2.05) is 42.3 Å². The van der Waals surface area contributed by atoms with E-state index in [1.54, 1.807) is 42.5 Å². The first-order valence-corrected chi connectivity index (χ1v) is 13.5. The van der Waals surface area contributed by atoms with Crippen molar-refractivity contribution in [1.82, 2.24) is 4.90 Å². The second-order valence-electron chi connectivity index (χ2n) is 10.2. The lowest BCUT2D eigenvalue weighted by atomic mass is 9.99. The van der Waals surface area contributed by atoms with Gasteiger partial charge in [-0.1, -0.05) is 48.5 Å². The first-order valence-electron chi connectivity index (χ1n) is 13.5. The number of hydrogen-bond donors (Lipinski definition) is 5. The fraction of sp³-hybridized carbons (Fsp3) is 0.355. The molecule has 10 heteroatoms. The molecule has 41 heavy (non-hydrogen) atoms. The van der Waals surface area contributed by atoms with Gasteiger partial charge in [-0.2, -0.15) is 0 Å². The number of anilines is 1. The van der Waals surface area contributed by atoms with Gasteiger partial charge < -0.3 is 40.1 Å². The van der Waals surface area contributed by atoms with E-state index in [0.717, 1.165) is 11.1 Å². The van der Waals surface area contributed by atoms with E-state index in [-0.39, 0.29) is 37.4 Å². The Morgan fingerprint density at radius 1 is 1.00 bits per heavy atom. The smallest absolute Gasteiger partial charge is 0.303 e. The minimum atomic E-state index is -1.04. The largest absolute Gasteiger partial charge is 0.508 e. The van der Waals surface area contributed by atoms with Crippen LogP contribution >= 0.6 is 0 Å². The van der Waals surface area contributed by atoms with E-state index in [4.69, 9.17) is 14.6 Å². The van der Waals surface area contributed by atoms with Crippen molar-refractivity contribution < 1.29 is 39.5 Å². The lowest BCUT2D eigenvalue weighted by molar-refractivity contribution is -0.252. The number of aliphatic hydroxyl groups is 2. The average Bonchev–Trinajstić information content (AvgIpc) is 2.96. The number of carboxylic acids is 1. The van der Waals surface area contributed by atoms with Crippen LogP contribution in [0.4, 0.5) is 5.69 Å². The fourth-order valence-electron chi connectivity index (χ4n) is 4.79. The van der Waals surface area contributed by atoms with Crippen LogP contribution < -0.4 is 5.32 Å². The quantitative estimate of drug-likeness (QED) is 0.221. The number of amides is 1. The number of nitrogens with one attached hydrogen (secondary N) is 1. The minimum absolute atomic E-state index is 0.0581. The van der Waals surface area contributed by atoms with Crippen molar-refractivity contribution in [1.29, 1.82) is 0 Å². The number of carboxylic acid groups (broad SMARTS) is 1. The van der Waals surface area contributed by atoms with Crippen LogP contribution in [0, 0.1) is 0 Å². The molecule has 3 aromatic rings. The molecule has 1 amide bonds. The predicted molar refractivity (Wildman–Crippen MR) is 151 cm³/mol.